The van der Waals surface area contributed by atoms with Crippen LogP contribution in [-0.2, 0) is 9.53 Å². The van der Waals surface area contributed by atoms with E-state index < -0.39 is 18.2 Å². The molecule has 2 aliphatic rings. The van der Waals surface area contributed by atoms with Crippen LogP contribution in [0.3, 0.4) is 0 Å². The molecule has 5 nitrogen and oxygen atoms in total. The Morgan fingerprint density at radius 2 is 1.57 bits per heavy atom. The van der Waals surface area contributed by atoms with Crippen LogP contribution in [0.1, 0.15) is 45.6 Å². The second-order valence-corrected chi connectivity index (χ2v) is 10.5. The number of halogens is 3. The van der Waals surface area contributed by atoms with E-state index in [9.17, 15) is 18.0 Å². The van der Waals surface area contributed by atoms with Crippen LogP contribution < -0.4 is 0 Å². The topological polar surface area (TPSA) is 36.0 Å². The predicted octanol–water partition coefficient (Wildman–Crippen LogP) is 6.00. The van der Waals surface area contributed by atoms with Gasteiger partial charge in [0.05, 0.1) is 0 Å². The molecule has 2 fully saturated rings. The molecule has 0 aromatic heterocycles. The minimum atomic E-state index is -4.88. The number of hydrogen-bond donors (Lipinski definition) is 0. The number of likely N-dealkylation sites (N-methyl/N-ethyl adjacent to an activating group) is 1. The number of fused-ring (bicyclic) bond motifs is 1. The average Bonchev–Trinajstić information content (AvgIpc) is 3.42. The highest BCUT2D eigenvalue weighted by molar-refractivity contribution is 5.82. The number of hydrogen-bond acceptors (Lipinski definition) is 5. The van der Waals surface area contributed by atoms with Gasteiger partial charge < -0.3 is 14.5 Å². The van der Waals surface area contributed by atoms with E-state index >= 15 is 0 Å². The van der Waals surface area contributed by atoms with Gasteiger partial charge >= 0.3 is 12.1 Å². The first-order chi connectivity index (χ1) is 17.2. The van der Waals surface area contributed by atoms with Crippen LogP contribution in [0.5, 0.6) is 0 Å². The Balaban J connectivity index is 0.000000264. The van der Waals surface area contributed by atoms with Crippen molar-refractivity contribution in [1.29, 1.82) is 0 Å². The summed E-state index contributed by atoms with van der Waals surface area (Å²) in [5, 5.41) is 2.64. The zero-order valence-electron chi connectivity index (χ0n) is 23.8. The summed E-state index contributed by atoms with van der Waals surface area (Å²) in [5.41, 5.74) is 1.32. The van der Waals surface area contributed by atoms with Gasteiger partial charge in [-0.1, -0.05) is 48.0 Å². The molecular formula is C29H46F3N3O2. The third kappa shape index (κ3) is 13.3. The standard InChI is InChI=1S/C11H10.C8H12F3NO2.C5H11N.C5H13N/c1-9-6-7-10-4-2-3-5-11(10)8-9;1-5-3-6(4-12(5)2)14-7(13)8(9,10)11;1-6-4-2-3-5-6;1-5(2)6(3)4/h2-8H,1H3;5-6H,3-4H2,1-2H3;2-5H2,1H3;5H,1-4H3. The number of alkyl halides is 3. The molecule has 0 spiro atoms. The third-order valence-corrected chi connectivity index (χ3v) is 6.62. The normalized spacial score (nSPS) is 20.0. The largest absolute Gasteiger partial charge is 0.490 e. The molecule has 2 aromatic rings. The van der Waals surface area contributed by atoms with E-state index in [-0.39, 0.29) is 6.04 Å². The number of rotatable bonds is 2. The maximum absolute atomic E-state index is 11.8. The highest BCUT2D eigenvalue weighted by Gasteiger charge is 2.43. The summed E-state index contributed by atoms with van der Waals surface area (Å²) in [6.07, 6.45) is -2.24. The number of carbonyl (C=O) groups excluding carboxylic acids is 1. The van der Waals surface area contributed by atoms with E-state index in [4.69, 9.17) is 0 Å². The molecule has 2 aromatic carbocycles. The predicted molar refractivity (Wildman–Crippen MR) is 147 cm³/mol. The van der Waals surface area contributed by atoms with Crippen molar-refractivity contribution in [2.24, 2.45) is 0 Å². The molecule has 2 atom stereocenters. The molecule has 210 valence electrons. The smallest absolute Gasteiger partial charge is 0.454 e. The highest BCUT2D eigenvalue weighted by Crippen LogP contribution is 2.23. The minimum absolute atomic E-state index is 0.154. The number of aryl methyl sites for hydroxylation is 1. The molecule has 0 aliphatic carbocycles. The Morgan fingerprint density at radius 1 is 1.03 bits per heavy atom. The van der Waals surface area contributed by atoms with Crippen LogP contribution in [0, 0.1) is 6.92 Å². The number of esters is 1. The number of carbonyl (C=O) groups is 1. The van der Waals surface area contributed by atoms with E-state index in [0.29, 0.717) is 19.0 Å². The van der Waals surface area contributed by atoms with Crippen molar-refractivity contribution < 1.29 is 22.7 Å². The van der Waals surface area contributed by atoms with Gasteiger partial charge in [-0.2, -0.15) is 13.2 Å². The Kier molecular flexibility index (Phi) is 14.2. The van der Waals surface area contributed by atoms with E-state index in [1.165, 1.54) is 42.3 Å². The molecule has 0 radical (unpaired) electrons. The second-order valence-electron chi connectivity index (χ2n) is 10.5. The first kappa shape index (κ1) is 32.9. The van der Waals surface area contributed by atoms with Crippen LogP contribution >= 0.6 is 0 Å². The van der Waals surface area contributed by atoms with Gasteiger partial charge in [-0.15, -0.1) is 0 Å². The zero-order valence-corrected chi connectivity index (χ0v) is 23.8. The SMILES string of the molecule is CC(C)N(C)C.CC1CC(OC(=O)C(F)(F)F)CN1C.CN1CCCC1.Cc1ccc2ccccc2c1. The quantitative estimate of drug-likeness (QED) is 0.450. The van der Waals surface area contributed by atoms with Crippen molar-refractivity contribution >= 4 is 16.7 Å². The van der Waals surface area contributed by atoms with Gasteiger partial charge in [0, 0.05) is 25.0 Å². The fourth-order valence-electron chi connectivity index (χ4n) is 3.62. The van der Waals surface area contributed by atoms with E-state index in [1.807, 2.05) is 11.8 Å². The van der Waals surface area contributed by atoms with Crippen LogP contribution in [0.25, 0.3) is 10.8 Å². The Morgan fingerprint density at radius 3 is 1.97 bits per heavy atom. The van der Waals surface area contributed by atoms with Crippen LogP contribution in [-0.4, -0.2) is 92.9 Å². The summed E-state index contributed by atoms with van der Waals surface area (Å²) in [5.74, 6) is -2.09. The van der Waals surface area contributed by atoms with E-state index in [1.54, 1.807) is 7.05 Å². The summed E-state index contributed by atoms with van der Waals surface area (Å²) in [4.78, 5) is 16.9. The Bertz CT molecular complexity index is 912. The van der Waals surface area contributed by atoms with Crippen molar-refractivity contribution in [1.82, 2.24) is 14.7 Å². The van der Waals surface area contributed by atoms with Crippen LogP contribution in [0.4, 0.5) is 13.2 Å². The summed E-state index contributed by atoms with van der Waals surface area (Å²) in [6.45, 7) is 11.3. The van der Waals surface area contributed by atoms with Gasteiger partial charge in [0.15, 0.2) is 0 Å². The van der Waals surface area contributed by atoms with Crippen LogP contribution in [0.2, 0.25) is 0 Å². The maximum Gasteiger partial charge on any atom is 0.490 e. The van der Waals surface area contributed by atoms with E-state index in [2.05, 4.69) is 98.9 Å². The molecule has 2 aliphatic heterocycles. The van der Waals surface area contributed by atoms with Gasteiger partial charge in [0.25, 0.3) is 0 Å². The van der Waals surface area contributed by atoms with Crippen LogP contribution in [0.15, 0.2) is 42.5 Å². The third-order valence-electron chi connectivity index (χ3n) is 6.62. The molecule has 4 rings (SSSR count). The zero-order chi connectivity index (χ0) is 28.2. The first-order valence-electron chi connectivity index (χ1n) is 13.0. The summed E-state index contributed by atoms with van der Waals surface area (Å²) < 4.78 is 39.7. The Hall–Kier alpha value is -2.16. The summed E-state index contributed by atoms with van der Waals surface area (Å²) in [7, 11) is 8.11. The second kappa shape index (κ2) is 15.9. The van der Waals surface area contributed by atoms with Gasteiger partial charge in [-0.05, 0) is 92.6 Å². The lowest BCUT2D eigenvalue weighted by molar-refractivity contribution is -0.204. The molecular weight excluding hydrogens is 479 g/mol. The van der Waals surface area contributed by atoms with Crippen molar-refractivity contribution in [2.45, 2.75) is 71.3 Å². The van der Waals surface area contributed by atoms with Crippen molar-refractivity contribution in [2.75, 3.05) is 47.8 Å². The van der Waals surface area contributed by atoms with Crippen molar-refractivity contribution in [3.05, 3.63) is 48.0 Å². The molecule has 2 saturated heterocycles. The van der Waals surface area contributed by atoms with Gasteiger partial charge in [0.2, 0.25) is 0 Å². The van der Waals surface area contributed by atoms with Crippen molar-refractivity contribution in [3.8, 4) is 0 Å². The first-order valence-corrected chi connectivity index (χ1v) is 13.0. The molecule has 2 unspecified atom stereocenters. The lowest BCUT2D eigenvalue weighted by atomic mass is 10.1. The number of ether oxygens (including phenoxy) is 1. The fraction of sp³-hybridized carbons (Fsp3) is 0.621. The Labute approximate surface area is 221 Å². The maximum atomic E-state index is 11.8. The highest BCUT2D eigenvalue weighted by atomic mass is 19.4. The number of likely N-dealkylation sites (tertiary alicyclic amines) is 2. The van der Waals surface area contributed by atoms with Gasteiger partial charge in [0.1, 0.15) is 6.10 Å². The summed E-state index contributed by atoms with van der Waals surface area (Å²) >= 11 is 0. The molecule has 8 heteroatoms. The minimum Gasteiger partial charge on any atom is -0.454 e. The average molecular weight is 526 g/mol. The molecule has 0 N–H and O–H groups in total. The molecule has 37 heavy (non-hydrogen) atoms. The number of nitrogens with zero attached hydrogens (tertiary/aromatic N) is 3. The summed E-state index contributed by atoms with van der Waals surface area (Å²) in [6, 6.07) is 15.8. The molecule has 2 heterocycles. The van der Waals surface area contributed by atoms with Gasteiger partial charge in [-0.3, -0.25) is 4.90 Å². The van der Waals surface area contributed by atoms with E-state index in [0.717, 1.165) is 0 Å². The number of benzene rings is 2. The molecule has 0 bridgehead atoms. The lowest BCUT2D eigenvalue weighted by Gasteiger charge is -2.13. The molecule has 0 amide bonds. The fourth-order valence-corrected chi connectivity index (χ4v) is 3.62. The lowest BCUT2D eigenvalue weighted by Crippen LogP contribution is -2.31. The van der Waals surface area contributed by atoms with Gasteiger partial charge in [-0.25, -0.2) is 4.79 Å². The monoisotopic (exact) mass is 525 g/mol. The van der Waals surface area contributed by atoms with Crippen molar-refractivity contribution in [3.63, 3.8) is 0 Å². The molecule has 0 saturated carbocycles.